The van der Waals surface area contributed by atoms with Crippen LogP contribution in [0.1, 0.15) is 31.7 Å². The van der Waals surface area contributed by atoms with E-state index in [0.717, 1.165) is 47.1 Å². The summed E-state index contributed by atoms with van der Waals surface area (Å²) in [5.74, 6) is 2.48. The SMILES string of the molecule is CCCc1nc(NC)c(C)c(-c2cncc(OCC)c2)n1. The third-order valence-corrected chi connectivity index (χ3v) is 3.20. The summed E-state index contributed by atoms with van der Waals surface area (Å²) < 4.78 is 5.52. The third-order valence-electron chi connectivity index (χ3n) is 3.20. The summed E-state index contributed by atoms with van der Waals surface area (Å²) in [7, 11) is 1.88. The molecule has 2 rings (SSSR count). The number of aryl methyl sites for hydroxylation is 1. The predicted octanol–water partition coefficient (Wildman–Crippen LogP) is 3.24. The number of nitrogens with one attached hydrogen (secondary N) is 1. The first kappa shape index (κ1) is 15.2. The highest BCUT2D eigenvalue weighted by molar-refractivity contribution is 5.68. The van der Waals surface area contributed by atoms with Gasteiger partial charge in [0.2, 0.25) is 0 Å². The van der Waals surface area contributed by atoms with Crippen molar-refractivity contribution in [3.8, 4) is 17.0 Å². The number of rotatable bonds is 6. The van der Waals surface area contributed by atoms with Gasteiger partial charge in [-0.2, -0.15) is 0 Å². The number of pyridine rings is 1. The molecule has 2 aromatic rings. The molecule has 0 bridgehead atoms. The average Bonchev–Trinajstić information content (AvgIpc) is 2.49. The third kappa shape index (κ3) is 3.48. The summed E-state index contributed by atoms with van der Waals surface area (Å²) in [5, 5.41) is 3.14. The summed E-state index contributed by atoms with van der Waals surface area (Å²) in [4.78, 5) is 13.5. The van der Waals surface area contributed by atoms with E-state index < -0.39 is 0 Å². The lowest BCUT2D eigenvalue weighted by atomic mass is 10.1. The number of nitrogens with zero attached hydrogens (tertiary/aromatic N) is 3. The molecule has 112 valence electrons. The maximum atomic E-state index is 5.52. The van der Waals surface area contributed by atoms with Crippen molar-refractivity contribution in [2.75, 3.05) is 19.0 Å². The summed E-state index contributed by atoms with van der Waals surface area (Å²) >= 11 is 0. The second-order valence-electron chi connectivity index (χ2n) is 4.80. The van der Waals surface area contributed by atoms with Crippen LogP contribution in [0, 0.1) is 6.92 Å². The first-order valence-electron chi connectivity index (χ1n) is 7.33. The van der Waals surface area contributed by atoms with E-state index in [9.17, 15) is 0 Å². The highest BCUT2D eigenvalue weighted by Gasteiger charge is 2.12. The topological polar surface area (TPSA) is 59.9 Å². The molecular weight excluding hydrogens is 264 g/mol. The van der Waals surface area contributed by atoms with Crippen molar-refractivity contribution in [1.82, 2.24) is 15.0 Å². The van der Waals surface area contributed by atoms with Crippen LogP contribution in [0.25, 0.3) is 11.3 Å². The van der Waals surface area contributed by atoms with Gasteiger partial charge >= 0.3 is 0 Å². The number of aromatic nitrogens is 3. The molecule has 0 aliphatic rings. The number of hydrogen-bond acceptors (Lipinski definition) is 5. The van der Waals surface area contributed by atoms with Crippen LogP contribution in [-0.2, 0) is 6.42 Å². The minimum Gasteiger partial charge on any atom is -0.492 e. The van der Waals surface area contributed by atoms with E-state index in [4.69, 9.17) is 9.72 Å². The fourth-order valence-electron chi connectivity index (χ4n) is 2.22. The predicted molar refractivity (Wildman–Crippen MR) is 84.7 cm³/mol. The van der Waals surface area contributed by atoms with Gasteiger partial charge in [0, 0.05) is 30.8 Å². The molecule has 0 aromatic carbocycles. The molecule has 0 radical (unpaired) electrons. The molecule has 0 saturated heterocycles. The standard InChI is InChI=1S/C16H22N4O/c1-5-7-14-19-15(11(3)16(17-4)20-14)12-8-13(21-6-2)10-18-9-12/h8-10H,5-7H2,1-4H3,(H,17,19,20). The van der Waals surface area contributed by atoms with Gasteiger partial charge in [-0.1, -0.05) is 6.92 Å². The molecular formula is C16H22N4O. The van der Waals surface area contributed by atoms with E-state index >= 15 is 0 Å². The Kier molecular flexibility index (Phi) is 5.09. The summed E-state index contributed by atoms with van der Waals surface area (Å²) in [5.41, 5.74) is 2.88. The van der Waals surface area contributed by atoms with Gasteiger partial charge in [0.25, 0.3) is 0 Å². The Morgan fingerprint density at radius 2 is 2.00 bits per heavy atom. The molecule has 0 amide bonds. The molecule has 21 heavy (non-hydrogen) atoms. The Labute approximate surface area is 125 Å². The first-order chi connectivity index (χ1) is 10.2. The van der Waals surface area contributed by atoms with Gasteiger partial charge in [-0.15, -0.1) is 0 Å². The lowest BCUT2D eigenvalue weighted by Gasteiger charge is -2.12. The maximum Gasteiger partial charge on any atom is 0.138 e. The molecule has 2 aromatic heterocycles. The van der Waals surface area contributed by atoms with Gasteiger partial charge < -0.3 is 10.1 Å². The Morgan fingerprint density at radius 3 is 2.67 bits per heavy atom. The van der Waals surface area contributed by atoms with Crippen LogP contribution in [0.3, 0.4) is 0 Å². The van der Waals surface area contributed by atoms with E-state index in [0.29, 0.717) is 6.61 Å². The van der Waals surface area contributed by atoms with Crippen molar-refractivity contribution in [2.45, 2.75) is 33.6 Å². The van der Waals surface area contributed by atoms with Crippen LogP contribution in [0.5, 0.6) is 5.75 Å². The number of anilines is 1. The smallest absolute Gasteiger partial charge is 0.138 e. The summed E-state index contributed by atoms with van der Waals surface area (Å²) in [6.45, 7) is 6.72. The van der Waals surface area contributed by atoms with Gasteiger partial charge in [-0.3, -0.25) is 4.98 Å². The molecule has 0 fully saturated rings. The van der Waals surface area contributed by atoms with Crippen molar-refractivity contribution in [1.29, 1.82) is 0 Å². The zero-order chi connectivity index (χ0) is 15.2. The minimum atomic E-state index is 0.622. The normalized spacial score (nSPS) is 10.5. The van der Waals surface area contributed by atoms with Crippen molar-refractivity contribution in [2.24, 2.45) is 0 Å². The lowest BCUT2D eigenvalue weighted by Crippen LogP contribution is -2.05. The quantitative estimate of drug-likeness (QED) is 0.883. The van der Waals surface area contributed by atoms with E-state index in [1.165, 1.54) is 0 Å². The molecule has 0 unspecified atom stereocenters. The second kappa shape index (κ2) is 7.02. The van der Waals surface area contributed by atoms with Gasteiger partial charge in [0.05, 0.1) is 18.5 Å². The zero-order valence-electron chi connectivity index (χ0n) is 13.1. The Balaban J connectivity index is 2.50. The maximum absolute atomic E-state index is 5.52. The largest absolute Gasteiger partial charge is 0.492 e. The molecule has 0 saturated carbocycles. The molecule has 0 aliphatic carbocycles. The fraction of sp³-hybridized carbons (Fsp3) is 0.438. The highest BCUT2D eigenvalue weighted by Crippen LogP contribution is 2.27. The van der Waals surface area contributed by atoms with E-state index in [2.05, 4.69) is 22.2 Å². The van der Waals surface area contributed by atoms with Crippen LogP contribution in [0.4, 0.5) is 5.82 Å². The molecule has 0 atom stereocenters. The van der Waals surface area contributed by atoms with Crippen LogP contribution in [-0.4, -0.2) is 28.6 Å². The van der Waals surface area contributed by atoms with Crippen molar-refractivity contribution in [3.63, 3.8) is 0 Å². The zero-order valence-corrected chi connectivity index (χ0v) is 13.1. The van der Waals surface area contributed by atoms with Crippen molar-refractivity contribution >= 4 is 5.82 Å². The number of ether oxygens (including phenoxy) is 1. The first-order valence-corrected chi connectivity index (χ1v) is 7.33. The van der Waals surface area contributed by atoms with E-state index in [-0.39, 0.29) is 0 Å². The van der Waals surface area contributed by atoms with Gasteiger partial charge in [0.1, 0.15) is 17.4 Å². The Bertz CT molecular complexity index is 613. The summed E-state index contributed by atoms with van der Waals surface area (Å²) in [6.07, 6.45) is 5.41. The van der Waals surface area contributed by atoms with Crippen molar-refractivity contribution < 1.29 is 4.74 Å². The molecule has 5 nitrogen and oxygen atoms in total. The van der Waals surface area contributed by atoms with Crippen LogP contribution < -0.4 is 10.1 Å². The minimum absolute atomic E-state index is 0.622. The molecule has 5 heteroatoms. The van der Waals surface area contributed by atoms with Gasteiger partial charge in [0.15, 0.2) is 0 Å². The molecule has 0 aliphatic heterocycles. The molecule has 1 N–H and O–H groups in total. The molecule has 2 heterocycles. The van der Waals surface area contributed by atoms with Gasteiger partial charge in [-0.25, -0.2) is 9.97 Å². The molecule has 0 spiro atoms. The van der Waals surface area contributed by atoms with Gasteiger partial charge in [-0.05, 0) is 26.3 Å². The lowest BCUT2D eigenvalue weighted by molar-refractivity contribution is 0.339. The Morgan fingerprint density at radius 1 is 1.19 bits per heavy atom. The van der Waals surface area contributed by atoms with Crippen molar-refractivity contribution in [3.05, 3.63) is 29.8 Å². The average molecular weight is 286 g/mol. The monoisotopic (exact) mass is 286 g/mol. The highest BCUT2D eigenvalue weighted by atomic mass is 16.5. The van der Waals surface area contributed by atoms with Crippen LogP contribution in [0.15, 0.2) is 18.5 Å². The second-order valence-corrected chi connectivity index (χ2v) is 4.80. The van der Waals surface area contributed by atoms with Crippen LogP contribution in [0.2, 0.25) is 0 Å². The van der Waals surface area contributed by atoms with E-state index in [1.807, 2.05) is 33.2 Å². The fourth-order valence-corrected chi connectivity index (χ4v) is 2.22. The van der Waals surface area contributed by atoms with E-state index in [1.54, 1.807) is 6.20 Å². The number of hydrogen-bond donors (Lipinski definition) is 1. The van der Waals surface area contributed by atoms with Crippen LogP contribution >= 0.6 is 0 Å². The summed E-state index contributed by atoms with van der Waals surface area (Å²) in [6, 6.07) is 1.97. The Hall–Kier alpha value is -2.17.